The molecule has 0 spiro atoms. The number of hydrogen-bond donors (Lipinski definition) is 2. The molecule has 3 aliphatic rings. The number of pyridine rings is 1. The minimum atomic E-state index is -0.689. The lowest BCUT2D eigenvalue weighted by Crippen LogP contribution is -2.46. The van der Waals surface area contributed by atoms with Gasteiger partial charge in [-0.05, 0) is 31.0 Å². The van der Waals surface area contributed by atoms with Crippen molar-refractivity contribution in [3.63, 3.8) is 0 Å². The third-order valence-electron chi connectivity index (χ3n) is 6.39. The lowest BCUT2D eigenvalue weighted by Gasteiger charge is -2.36. The van der Waals surface area contributed by atoms with Crippen molar-refractivity contribution in [1.82, 2.24) is 15.2 Å². The standard InChI is InChI=1S/C23H25F2N5O3/c1-26-22(31)15-5-6-16(21(25)27-15)30-10-8-29(9-11-30)12-14-4-7-17-19(18(14)24)28-23(32)20(33-17)13-2-3-13/h4-7,13,20H,2-3,8-12H2,1H3,(H,26,31)(H,28,32)/t20-/m0/s1. The van der Waals surface area contributed by atoms with Gasteiger partial charge in [0.25, 0.3) is 11.8 Å². The van der Waals surface area contributed by atoms with Gasteiger partial charge in [-0.2, -0.15) is 4.39 Å². The van der Waals surface area contributed by atoms with Crippen LogP contribution in [0.4, 0.5) is 20.2 Å². The molecule has 10 heteroatoms. The van der Waals surface area contributed by atoms with E-state index in [1.165, 1.54) is 13.1 Å². The molecule has 2 amide bonds. The Hall–Kier alpha value is -3.27. The number of piperazine rings is 1. The predicted molar refractivity (Wildman–Crippen MR) is 117 cm³/mol. The lowest BCUT2D eigenvalue weighted by molar-refractivity contribution is -0.124. The van der Waals surface area contributed by atoms with Crippen LogP contribution in [0.15, 0.2) is 24.3 Å². The van der Waals surface area contributed by atoms with Crippen molar-refractivity contribution < 1.29 is 23.1 Å². The van der Waals surface area contributed by atoms with E-state index in [9.17, 15) is 14.0 Å². The second kappa shape index (κ2) is 8.58. The van der Waals surface area contributed by atoms with Crippen LogP contribution in [0.3, 0.4) is 0 Å². The number of carbonyl (C=O) groups excluding carboxylic acids is 2. The topological polar surface area (TPSA) is 86.8 Å². The summed E-state index contributed by atoms with van der Waals surface area (Å²) in [4.78, 5) is 31.6. The number of anilines is 2. The molecule has 33 heavy (non-hydrogen) atoms. The van der Waals surface area contributed by atoms with Crippen molar-refractivity contribution in [1.29, 1.82) is 0 Å². The van der Waals surface area contributed by atoms with Gasteiger partial charge in [-0.1, -0.05) is 6.07 Å². The van der Waals surface area contributed by atoms with E-state index >= 15 is 4.39 Å². The van der Waals surface area contributed by atoms with Gasteiger partial charge in [0.05, 0.1) is 5.69 Å². The average Bonchev–Trinajstić information content (AvgIpc) is 3.66. The molecule has 2 N–H and O–H groups in total. The number of hydrogen-bond acceptors (Lipinski definition) is 6. The first-order chi connectivity index (χ1) is 15.9. The Kier molecular flexibility index (Phi) is 5.61. The number of fused-ring (bicyclic) bond motifs is 1. The highest BCUT2D eigenvalue weighted by atomic mass is 19.1. The molecule has 0 unspecified atom stereocenters. The van der Waals surface area contributed by atoms with Gasteiger partial charge in [-0.3, -0.25) is 14.5 Å². The van der Waals surface area contributed by atoms with Gasteiger partial charge >= 0.3 is 0 Å². The lowest BCUT2D eigenvalue weighted by atomic mass is 10.1. The SMILES string of the molecule is CNC(=O)c1ccc(N2CCN(Cc3ccc4c(c3F)NC(=O)[C@H](C3CC3)O4)CC2)c(F)n1. The molecule has 1 atom stereocenters. The molecule has 3 heterocycles. The van der Waals surface area contributed by atoms with Crippen LogP contribution in [-0.4, -0.2) is 61.0 Å². The van der Waals surface area contributed by atoms with Gasteiger partial charge in [-0.15, -0.1) is 0 Å². The molecule has 2 aliphatic heterocycles. The van der Waals surface area contributed by atoms with Gasteiger partial charge in [0, 0.05) is 51.3 Å². The van der Waals surface area contributed by atoms with Crippen LogP contribution < -0.4 is 20.3 Å². The van der Waals surface area contributed by atoms with E-state index in [0.29, 0.717) is 49.7 Å². The van der Waals surface area contributed by atoms with Gasteiger partial charge < -0.3 is 20.3 Å². The zero-order valence-electron chi connectivity index (χ0n) is 18.2. The fourth-order valence-corrected chi connectivity index (χ4v) is 4.34. The molecule has 8 nitrogen and oxygen atoms in total. The highest BCUT2D eigenvalue weighted by Crippen LogP contribution is 2.41. The maximum absolute atomic E-state index is 15.1. The van der Waals surface area contributed by atoms with Crippen molar-refractivity contribution >= 4 is 23.2 Å². The highest BCUT2D eigenvalue weighted by Gasteiger charge is 2.41. The van der Waals surface area contributed by atoms with Crippen molar-refractivity contribution in [3.8, 4) is 5.75 Å². The summed E-state index contributed by atoms with van der Waals surface area (Å²) in [6.45, 7) is 2.63. The monoisotopic (exact) mass is 457 g/mol. The molecule has 0 radical (unpaired) electrons. The minimum absolute atomic E-state index is 0.0276. The summed E-state index contributed by atoms with van der Waals surface area (Å²) in [6.07, 6.45) is 1.38. The highest BCUT2D eigenvalue weighted by molar-refractivity contribution is 5.98. The third kappa shape index (κ3) is 4.22. The molecule has 1 saturated carbocycles. The van der Waals surface area contributed by atoms with Crippen molar-refractivity contribution in [2.75, 3.05) is 43.4 Å². The summed E-state index contributed by atoms with van der Waals surface area (Å²) in [5, 5.41) is 5.11. The number of ether oxygens (including phenoxy) is 1. The number of amides is 2. The molecule has 174 valence electrons. The molecule has 5 rings (SSSR count). The second-order valence-electron chi connectivity index (χ2n) is 8.63. The minimum Gasteiger partial charge on any atom is -0.478 e. The quantitative estimate of drug-likeness (QED) is 0.670. The van der Waals surface area contributed by atoms with Crippen LogP contribution in [0, 0.1) is 17.7 Å². The summed E-state index contributed by atoms with van der Waals surface area (Å²) in [7, 11) is 1.46. The molecule has 0 bridgehead atoms. The summed E-state index contributed by atoms with van der Waals surface area (Å²) in [5.41, 5.74) is 0.947. The van der Waals surface area contributed by atoms with Gasteiger partial charge in [-0.25, -0.2) is 9.37 Å². The van der Waals surface area contributed by atoms with Crippen LogP contribution >= 0.6 is 0 Å². The Morgan fingerprint density at radius 1 is 1.18 bits per heavy atom. The Balaban J connectivity index is 1.23. The largest absolute Gasteiger partial charge is 0.478 e. The van der Waals surface area contributed by atoms with Gasteiger partial charge in [0.2, 0.25) is 5.95 Å². The molecule has 2 aromatic rings. The third-order valence-corrected chi connectivity index (χ3v) is 6.39. The smallest absolute Gasteiger partial charge is 0.269 e. The van der Waals surface area contributed by atoms with Crippen LogP contribution in [0.2, 0.25) is 0 Å². The van der Waals surface area contributed by atoms with Crippen molar-refractivity contribution in [3.05, 3.63) is 47.3 Å². The number of benzene rings is 1. The first-order valence-electron chi connectivity index (χ1n) is 11.1. The maximum Gasteiger partial charge on any atom is 0.269 e. The van der Waals surface area contributed by atoms with E-state index in [1.54, 1.807) is 18.2 Å². The van der Waals surface area contributed by atoms with E-state index < -0.39 is 23.8 Å². The fourth-order valence-electron chi connectivity index (χ4n) is 4.34. The Morgan fingerprint density at radius 2 is 1.94 bits per heavy atom. The fraction of sp³-hybridized carbons (Fsp3) is 0.435. The summed E-state index contributed by atoms with van der Waals surface area (Å²) in [5.74, 6) is -1.30. The van der Waals surface area contributed by atoms with Crippen molar-refractivity contribution in [2.45, 2.75) is 25.5 Å². The van der Waals surface area contributed by atoms with Crippen LogP contribution in [0.1, 0.15) is 28.9 Å². The summed E-state index contributed by atoms with van der Waals surface area (Å²) >= 11 is 0. The van der Waals surface area contributed by atoms with Crippen molar-refractivity contribution in [2.24, 2.45) is 5.92 Å². The van der Waals surface area contributed by atoms with E-state index in [2.05, 4.69) is 20.5 Å². The molecular weight excluding hydrogens is 432 g/mol. The van der Waals surface area contributed by atoms with Gasteiger partial charge in [0.15, 0.2) is 11.9 Å². The molecule has 1 aromatic heterocycles. The normalized spacial score (nSPS) is 20.6. The molecule has 2 fully saturated rings. The number of carbonyl (C=O) groups is 2. The van der Waals surface area contributed by atoms with Crippen LogP contribution in [-0.2, 0) is 11.3 Å². The van der Waals surface area contributed by atoms with Gasteiger partial charge in [0.1, 0.15) is 17.1 Å². The summed E-state index contributed by atoms with van der Waals surface area (Å²) < 4.78 is 35.3. The van der Waals surface area contributed by atoms with Crippen LogP contribution in [0.5, 0.6) is 5.75 Å². The Bertz CT molecular complexity index is 1100. The summed E-state index contributed by atoms with van der Waals surface area (Å²) in [6, 6.07) is 6.47. The van der Waals surface area contributed by atoms with E-state index in [0.717, 1.165) is 12.8 Å². The molecular formula is C23H25F2N5O3. The number of rotatable bonds is 5. The number of halogens is 2. The maximum atomic E-state index is 15.1. The number of nitrogens with zero attached hydrogens (tertiary/aromatic N) is 3. The Morgan fingerprint density at radius 3 is 2.61 bits per heavy atom. The average molecular weight is 457 g/mol. The first kappa shape index (κ1) is 21.6. The predicted octanol–water partition coefficient (Wildman–Crippen LogP) is 2.15. The van der Waals surface area contributed by atoms with E-state index in [4.69, 9.17) is 4.74 Å². The molecule has 1 aromatic carbocycles. The Labute approximate surface area is 189 Å². The molecule has 1 saturated heterocycles. The number of nitrogens with one attached hydrogen (secondary N) is 2. The second-order valence-corrected chi connectivity index (χ2v) is 8.63. The molecule has 1 aliphatic carbocycles. The number of aromatic nitrogens is 1. The first-order valence-corrected chi connectivity index (χ1v) is 11.1. The zero-order valence-corrected chi connectivity index (χ0v) is 18.2. The van der Waals surface area contributed by atoms with E-state index in [1.807, 2.05) is 4.90 Å². The zero-order chi connectivity index (χ0) is 23.1. The van der Waals surface area contributed by atoms with Crippen LogP contribution in [0.25, 0.3) is 0 Å². The van der Waals surface area contributed by atoms with E-state index in [-0.39, 0.29) is 23.2 Å².